The lowest BCUT2D eigenvalue weighted by Gasteiger charge is -2.11. The zero-order valence-electron chi connectivity index (χ0n) is 15.5. The number of amides is 1. The second-order valence-corrected chi connectivity index (χ2v) is 6.27. The number of ether oxygens (including phenoxy) is 1. The summed E-state index contributed by atoms with van der Waals surface area (Å²) in [5.41, 5.74) is 0.481. The number of alkyl halides is 3. The average molecular weight is 395 g/mol. The summed E-state index contributed by atoms with van der Waals surface area (Å²) in [5, 5.41) is 2.58. The molecule has 28 heavy (non-hydrogen) atoms. The maximum Gasteiger partial charge on any atom is 0.573 e. The minimum atomic E-state index is -4.79. The quantitative estimate of drug-likeness (QED) is 0.643. The Morgan fingerprint density at radius 2 is 2.00 bits per heavy atom. The van der Waals surface area contributed by atoms with E-state index in [0.29, 0.717) is 17.8 Å². The Hall–Kier alpha value is -2.77. The van der Waals surface area contributed by atoms with Crippen molar-refractivity contribution in [1.29, 1.82) is 0 Å². The molecule has 1 aromatic heterocycles. The third-order valence-electron chi connectivity index (χ3n) is 3.92. The van der Waals surface area contributed by atoms with Crippen molar-refractivity contribution in [3.8, 4) is 5.75 Å². The fourth-order valence-electron chi connectivity index (χ4n) is 2.64. The first-order valence-electron chi connectivity index (χ1n) is 8.89. The maximum absolute atomic E-state index is 12.3. The molecule has 0 aliphatic rings. The Bertz CT molecular complexity index is 847. The van der Waals surface area contributed by atoms with Gasteiger partial charge in [-0.05, 0) is 36.6 Å². The van der Waals surface area contributed by atoms with Gasteiger partial charge in [0, 0.05) is 24.5 Å². The van der Waals surface area contributed by atoms with Gasteiger partial charge in [-0.25, -0.2) is 0 Å². The van der Waals surface area contributed by atoms with Crippen LogP contribution < -0.4 is 15.6 Å². The number of carbonyl (C=O) groups is 1. The minimum Gasteiger partial charge on any atom is -0.406 e. The number of anilines is 1. The van der Waals surface area contributed by atoms with Gasteiger partial charge in [0.2, 0.25) is 5.91 Å². The fraction of sp³-hybridized carbons (Fsp3) is 0.350. The number of rotatable bonds is 9. The first kappa shape index (κ1) is 21.5. The molecule has 0 saturated carbocycles. The van der Waals surface area contributed by atoms with Crippen LogP contribution >= 0.6 is 0 Å². The number of benzene rings is 1. The highest BCUT2D eigenvalue weighted by molar-refractivity contribution is 5.92. The van der Waals surface area contributed by atoms with Crippen LogP contribution in [0.3, 0.4) is 0 Å². The summed E-state index contributed by atoms with van der Waals surface area (Å²) in [6.45, 7) is 2.59. The second-order valence-electron chi connectivity index (χ2n) is 6.27. The van der Waals surface area contributed by atoms with Crippen LogP contribution in [0.25, 0.3) is 0 Å². The zero-order valence-corrected chi connectivity index (χ0v) is 15.5. The number of unbranched alkanes of at least 4 members (excludes halogenated alkanes) is 3. The Kier molecular flexibility index (Phi) is 7.66. The first-order valence-corrected chi connectivity index (χ1v) is 8.89. The van der Waals surface area contributed by atoms with Crippen molar-refractivity contribution in [3.05, 3.63) is 64.9 Å². The molecule has 1 heterocycles. The Labute approximate surface area is 161 Å². The van der Waals surface area contributed by atoms with Crippen LogP contribution in [0.5, 0.6) is 5.75 Å². The molecular formula is C20H22F3N2O3. The largest absolute Gasteiger partial charge is 0.573 e. The molecule has 2 aromatic rings. The van der Waals surface area contributed by atoms with Gasteiger partial charge in [-0.3, -0.25) is 9.59 Å². The highest BCUT2D eigenvalue weighted by atomic mass is 19.4. The SMILES string of the molecule is C[CH]CCCCn1ccc(NC(=O)Cc2cccc(OC(F)(F)F)c2)cc1=O. The molecule has 1 aromatic carbocycles. The number of carbonyl (C=O) groups excluding carboxylic acids is 1. The summed E-state index contributed by atoms with van der Waals surface area (Å²) in [6.07, 6.45) is 1.63. The minimum absolute atomic E-state index is 0.147. The van der Waals surface area contributed by atoms with Crippen molar-refractivity contribution in [1.82, 2.24) is 4.57 Å². The molecule has 1 amide bonds. The average Bonchev–Trinajstić information content (AvgIpc) is 2.59. The number of aromatic nitrogens is 1. The monoisotopic (exact) mass is 395 g/mol. The van der Waals surface area contributed by atoms with Crippen LogP contribution in [-0.4, -0.2) is 16.8 Å². The van der Waals surface area contributed by atoms with Gasteiger partial charge in [-0.15, -0.1) is 13.2 Å². The molecule has 0 aliphatic carbocycles. The normalized spacial score (nSPS) is 11.3. The van der Waals surface area contributed by atoms with Gasteiger partial charge in [-0.1, -0.05) is 31.9 Å². The van der Waals surface area contributed by atoms with Crippen LogP contribution in [0.4, 0.5) is 18.9 Å². The highest BCUT2D eigenvalue weighted by Crippen LogP contribution is 2.23. The standard InChI is InChI=1S/C20H22F3N2O3/c1-2-3-4-5-10-25-11-9-16(14-19(25)27)24-18(26)13-15-7-6-8-17(12-15)28-20(21,22)23/h2,6-9,11-12,14H,3-5,10,13H2,1H3,(H,24,26). The van der Waals surface area contributed by atoms with E-state index < -0.39 is 12.3 Å². The summed E-state index contributed by atoms with van der Waals surface area (Å²) in [5.74, 6) is -0.833. The molecule has 2 rings (SSSR count). The predicted molar refractivity (Wildman–Crippen MR) is 100.0 cm³/mol. The van der Waals surface area contributed by atoms with E-state index in [1.54, 1.807) is 16.8 Å². The van der Waals surface area contributed by atoms with E-state index in [1.165, 1.54) is 18.2 Å². The molecule has 0 atom stereocenters. The lowest BCUT2D eigenvalue weighted by molar-refractivity contribution is -0.274. The van der Waals surface area contributed by atoms with Crippen molar-refractivity contribution in [2.45, 2.75) is 45.5 Å². The van der Waals surface area contributed by atoms with Crippen molar-refractivity contribution < 1.29 is 22.7 Å². The number of pyridine rings is 1. The van der Waals surface area contributed by atoms with Crippen LogP contribution in [0, 0.1) is 6.42 Å². The summed E-state index contributed by atoms with van der Waals surface area (Å²) in [7, 11) is 0. The van der Waals surface area contributed by atoms with Gasteiger partial charge in [-0.2, -0.15) is 0 Å². The number of halogens is 3. The van der Waals surface area contributed by atoms with Gasteiger partial charge in [0.05, 0.1) is 6.42 Å². The predicted octanol–water partition coefficient (Wildman–Crippen LogP) is 4.32. The maximum atomic E-state index is 12.3. The van der Waals surface area contributed by atoms with E-state index in [4.69, 9.17) is 0 Å². The van der Waals surface area contributed by atoms with E-state index >= 15 is 0 Å². The van der Waals surface area contributed by atoms with Crippen LogP contribution in [0.15, 0.2) is 47.4 Å². The van der Waals surface area contributed by atoms with E-state index in [2.05, 4.69) is 16.5 Å². The molecule has 1 N–H and O–H groups in total. The van der Waals surface area contributed by atoms with Crippen LogP contribution in [-0.2, 0) is 17.8 Å². The van der Waals surface area contributed by atoms with Crippen LogP contribution in [0.2, 0.25) is 0 Å². The molecule has 0 bridgehead atoms. The number of nitrogens with zero attached hydrogens (tertiary/aromatic N) is 1. The van der Waals surface area contributed by atoms with E-state index in [1.807, 2.05) is 6.92 Å². The first-order chi connectivity index (χ1) is 13.3. The molecule has 8 heteroatoms. The topological polar surface area (TPSA) is 60.3 Å². The Morgan fingerprint density at radius 3 is 2.68 bits per heavy atom. The number of aryl methyl sites for hydroxylation is 1. The van der Waals surface area contributed by atoms with E-state index in [9.17, 15) is 22.8 Å². The molecule has 0 unspecified atom stereocenters. The Morgan fingerprint density at radius 1 is 1.21 bits per heavy atom. The second kappa shape index (κ2) is 9.96. The number of hydrogen-bond acceptors (Lipinski definition) is 3. The molecule has 0 spiro atoms. The van der Waals surface area contributed by atoms with Gasteiger partial charge in [0.25, 0.3) is 5.56 Å². The summed E-state index contributed by atoms with van der Waals surface area (Å²) < 4.78 is 42.2. The molecule has 1 radical (unpaired) electrons. The third-order valence-corrected chi connectivity index (χ3v) is 3.92. The highest BCUT2D eigenvalue weighted by Gasteiger charge is 2.31. The smallest absolute Gasteiger partial charge is 0.406 e. The van der Waals surface area contributed by atoms with Gasteiger partial charge in [0.15, 0.2) is 0 Å². The molecule has 151 valence electrons. The molecule has 0 aliphatic heterocycles. The fourth-order valence-corrected chi connectivity index (χ4v) is 2.64. The van der Waals surface area contributed by atoms with Gasteiger partial charge < -0.3 is 14.6 Å². The lowest BCUT2D eigenvalue weighted by Crippen LogP contribution is -2.21. The molecule has 0 fully saturated rings. The Balaban J connectivity index is 1.93. The van der Waals surface area contributed by atoms with Crippen molar-refractivity contribution in [2.24, 2.45) is 0 Å². The molecule has 0 saturated heterocycles. The van der Waals surface area contributed by atoms with Crippen LogP contribution in [0.1, 0.15) is 31.7 Å². The summed E-state index contributed by atoms with van der Waals surface area (Å²) >= 11 is 0. The van der Waals surface area contributed by atoms with Gasteiger partial charge >= 0.3 is 6.36 Å². The number of nitrogens with one attached hydrogen (secondary N) is 1. The lowest BCUT2D eigenvalue weighted by atomic mass is 10.1. The van der Waals surface area contributed by atoms with E-state index in [-0.39, 0.29) is 17.7 Å². The van der Waals surface area contributed by atoms with Gasteiger partial charge in [0.1, 0.15) is 5.75 Å². The molecular weight excluding hydrogens is 373 g/mol. The number of hydrogen-bond donors (Lipinski definition) is 1. The summed E-state index contributed by atoms with van der Waals surface area (Å²) in [6, 6.07) is 8.16. The third kappa shape index (κ3) is 7.46. The van der Waals surface area contributed by atoms with E-state index in [0.717, 1.165) is 31.4 Å². The zero-order chi connectivity index (χ0) is 20.6. The summed E-state index contributed by atoms with van der Waals surface area (Å²) in [4.78, 5) is 24.2. The molecule has 5 nitrogen and oxygen atoms in total. The van der Waals surface area contributed by atoms with Crippen molar-refractivity contribution in [2.75, 3.05) is 5.32 Å². The van der Waals surface area contributed by atoms with Crippen molar-refractivity contribution >= 4 is 11.6 Å². The van der Waals surface area contributed by atoms with Crippen molar-refractivity contribution in [3.63, 3.8) is 0 Å².